The van der Waals surface area contributed by atoms with E-state index in [1.54, 1.807) is 13.8 Å². The van der Waals surface area contributed by atoms with Crippen LogP contribution < -0.4 is 0 Å². The number of aromatic nitrogens is 1. The Kier molecular flexibility index (Phi) is 1.89. The third-order valence-electron chi connectivity index (χ3n) is 2.46. The molecule has 2 aromatic rings. The van der Waals surface area contributed by atoms with Gasteiger partial charge in [0, 0.05) is 11.2 Å². The average Bonchev–Trinajstić information content (AvgIpc) is 2.41. The minimum Gasteiger partial charge on any atom is -0.386 e. The van der Waals surface area contributed by atoms with Crippen LogP contribution in [0.2, 0.25) is 0 Å². The van der Waals surface area contributed by atoms with Crippen LogP contribution >= 0.6 is 0 Å². The van der Waals surface area contributed by atoms with Crippen molar-refractivity contribution >= 4 is 10.9 Å². The number of hydrogen-bond acceptors (Lipinski definition) is 1. The van der Waals surface area contributed by atoms with Crippen molar-refractivity contribution in [1.29, 1.82) is 0 Å². The molecule has 0 saturated carbocycles. The van der Waals surface area contributed by atoms with Crippen LogP contribution in [0, 0.1) is 6.92 Å². The van der Waals surface area contributed by atoms with E-state index in [-0.39, 0.29) is 0 Å². The Balaban J connectivity index is 2.62. The van der Waals surface area contributed by atoms with Gasteiger partial charge in [0.05, 0.1) is 5.60 Å². The second kappa shape index (κ2) is 2.85. The molecule has 0 aliphatic heterocycles. The molecule has 0 fully saturated rings. The van der Waals surface area contributed by atoms with Gasteiger partial charge in [-0.25, -0.2) is 0 Å². The molecule has 0 atom stereocenters. The van der Waals surface area contributed by atoms with Gasteiger partial charge in [-0.05, 0) is 43.9 Å². The molecule has 0 spiro atoms. The predicted octanol–water partition coefficient (Wildman–Crippen LogP) is 2.70. The van der Waals surface area contributed by atoms with Crippen molar-refractivity contribution in [3.05, 3.63) is 35.5 Å². The Bertz CT molecular complexity index is 463. The minimum absolute atomic E-state index is 0.771. The van der Waals surface area contributed by atoms with Gasteiger partial charge in [-0.3, -0.25) is 0 Å². The van der Waals surface area contributed by atoms with Gasteiger partial charge in [-0.15, -0.1) is 0 Å². The lowest BCUT2D eigenvalue weighted by molar-refractivity contribution is 0.0787. The third-order valence-corrected chi connectivity index (χ3v) is 2.46. The van der Waals surface area contributed by atoms with Gasteiger partial charge in [0.2, 0.25) is 0 Å². The van der Waals surface area contributed by atoms with Gasteiger partial charge in [-0.1, -0.05) is 12.1 Å². The van der Waals surface area contributed by atoms with Crippen molar-refractivity contribution in [3.63, 3.8) is 0 Å². The number of aromatic amines is 1. The molecule has 2 N–H and O–H groups in total. The molecule has 14 heavy (non-hydrogen) atoms. The molecule has 0 aliphatic carbocycles. The highest BCUT2D eigenvalue weighted by molar-refractivity contribution is 5.81. The number of H-pyrrole nitrogens is 1. The van der Waals surface area contributed by atoms with Crippen molar-refractivity contribution in [3.8, 4) is 0 Å². The zero-order chi connectivity index (χ0) is 10.3. The largest absolute Gasteiger partial charge is 0.386 e. The van der Waals surface area contributed by atoms with E-state index in [2.05, 4.69) is 11.1 Å². The molecule has 1 aromatic heterocycles. The Labute approximate surface area is 83.6 Å². The van der Waals surface area contributed by atoms with E-state index < -0.39 is 5.60 Å². The molecule has 0 aliphatic rings. The highest BCUT2D eigenvalue weighted by Crippen LogP contribution is 2.24. The standard InChI is InChI=1S/C12H15NO/c1-8-6-9-4-5-10(12(2,3)14)7-11(9)13-8/h4-7,13-14H,1-3H3. The second-order valence-corrected chi connectivity index (χ2v) is 4.31. The van der Waals surface area contributed by atoms with E-state index in [4.69, 9.17) is 0 Å². The highest BCUT2D eigenvalue weighted by Gasteiger charge is 2.16. The predicted molar refractivity (Wildman–Crippen MR) is 58.3 cm³/mol. The quantitative estimate of drug-likeness (QED) is 0.711. The fourth-order valence-electron chi connectivity index (χ4n) is 1.65. The Morgan fingerprint density at radius 3 is 2.57 bits per heavy atom. The topological polar surface area (TPSA) is 36.0 Å². The smallest absolute Gasteiger partial charge is 0.0841 e. The lowest BCUT2D eigenvalue weighted by Gasteiger charge is -2.17. The number of fused-ring (bicyclic) bond motifs is 1. The molecule has 0 saturated heterocycles. The minimum atomic E-state index is -0.771. The fraction of sp³-hybridized carbons (Fsp3) is 0.333. The van der Waals surface area contributed by atoms with Gasteiger partial charge in [0.1, 0.15) is 0 Å². The van der Waals surface area contributed by atoms with Gasteiger partial charge in [-0.2, -0.15) is 0 Å². The zero-order valence-electron chi connectivity index (χ0n) is 8.76. The molecular formula is C12H15NO. The van der Waals surface area contributed by atoms with Crippen molar-refractivity contribution in [2.75, 3.05) is 0 Å². The van der Waals surface area contributed by atoms with Gasteiger partial charge in [0.15, 0.2) is 0 Å². The molecule has 0 unspecified atom stereocenters. The lowest BCUT2D eigenvalue weighted by Crippen LogP contribution is -2.14. The highest BCUT2D eigenvalue weighted by atomic mass is 16.3. The molecule has 1 aromatic carbocycles. The van der Waals surface area contributed by atoms with Crippen molar-refractivity contribution in [1.82, 2.24) is 4.98 Å². The van der Waals surface area contributed by atoms with E-state index in [9.17, 15) is 5.11 Å². The first-order valence-corrected chi connectivity index (χ1v) is 4.79. The van der Waals surface area contributed by atoms with Gasteiger partial charge >= 0.3 is 0 Å². The maximum atomic E-state index is 9.84. The van der Waals surface area contributed by atoms with Crippen LogP contribution in [-0.4, -0.2) is 10.1 Å². The van der Waals surface area contributed by atoms with Gasteiger partial charge < -0.3 is 10.1 Å². The number of benzene rings is 1. The van der Waals surface area contributed by atoms with Crippen LogP contribution in [0.5, 0.6) is 0 Å². The second-order valence-electron chi connectivity index (χ2n) is 4.31. The van der Waals surface area contributed by atoms with Crippen LogP contribution in [0.4, 0.5) is 0 Å². The van der Waals surface area contributed by atoms with Crippen molar-refractivity contribution < 1.29 is 5.11 Å². The first kappa shape index (κ1) is 9.28. The SMILES string of the molecule is Cc1cc2ccc(C(C)(C)O)cc2[nH]1. The first-order valence-electron chi connectivity index (χ1n) is 4.79. The number of nitrogens with one attached hydrogen (secondary N) is 1. The van der Waals surface area contributed by atoms with E-state index in [0.717, 1.165) is 16.8 Å². The van der Waals surface area contributed by atoms with Crippen LogP contribution in [0.25, 0.3) is 10.9 Å². The average molecular weight is 189 g/mol. The van der Waals surface area contributed by atoms with E-state index in [0.29, 0.717) is 0 Å². The van der Waals surface area contributed by atoms with Crippen LogP contribution in [0.15, 0.2) is 24.3 Å². The Morgan fingerprint density at radius 2 is 1.93 bits per heavy atom. The summed E-state index contributed by atoms with van der Waals surface area (Å²) in [5, 5.41) is 11.0. The molecule has 0 radical (unpaired) electrons. The van der Waals surface area contributed by atoms with Crippen LogP contribution in [0.1, 0.15) is 25.1 Å². The zero-order valence-corrected chi connectivity index (χ0v) is 8.76. The maximum Gasteiger partial charge on any atom is 0.0841 e. The molecule has 2 nitrogen and oxygen atoms in total. The summed E-state index contributed by atoms with van der Waals surface area (Å²) >= 11 is 0. The summed E-state index contributed by atoms with van der Waals surface area (Å²) in [7, 11) is 0. The third kappa shape index (κ3) is 1.53. The molecule has 2 rings (SSSR count). The molecule has 2 heteroatoms. The lowest BCUT2D eigenvalue weighted by atomic mass is 9.98. The van der Waals surface area contributed by atoms with Crippen LogP contribution in [-0.2, 0) is 5.60 Å². The summed E-state index contributed by atoms with van der Waals surface area (Å²) in [4.78, 5) is 3.26. The summed E-state index contributed by atoms with van der Waals surface area (Å²) < 4.78 is 0. The Hall–Kier alpha value is -1.28. The maximum absolute atomic E-state index is 9.84. The first-order chi connectivity index (χ1) is 6.47. The summed E-state index contributed by atoms with van der Waals surface area (Å²) in [6, 6.07) is 8.10. The summed E-state index contributed by atoms with van der Waals surface area (Å²) in [6.45, 7) is 5.62. The van der Waals surface area contributed by atoms with E-state index in [1.165, 1.54) is 5.39 Å². The fourth-order valence-corrected chi connectivity index (χ4v) is 1.65. The van der Waals surface area contributed by atoms with Gasteiger partial charge in [0.25, 0.3) is 0 Å². The summed E-state index contributed by atoms with van der Waals surface area (Å²) in [6.07, 6.45) is 0. The number of aliphatic hydroxyl groups is 1. The van der Waals surface area contributed by atoms with Crippen molar-refractivity contribution in [2.45, 2.75) is 26.4 Å². The summed E-state index contributed by atoms with van der Waals surface area (Å²) in [5.41, 5.74) is 2.40. The Morgan fingerprint density at radius 1 is 1.21 bits per heavy atom. The monoisotopic (exact) mass is 189 g/mol. The molecule has 0 amide bonds. The molecule has 0 bridgehead atoms. The normalized spacial score (nSPS) is 12.3. The number of aryl methyl sites for hydroxylation is 1. The molecular weight excluding hydrogens is 174 g/mol. The number of hydrogen-bond donors (Lipinski definition) is 2. The molecule has 74 valence electrons. The van der Waals surface area contributed by atoms with Crippen LogP contribution in [0.3, 0.4) is 0 Å². The number of rotatable bonds is 1. The summed E-state index contributed by atoms with van der Waals surface area (Å²) in [5.74, 6) is 0. The van der Waals surface area contributed by atoms with E-state index >= 15 is 0 Å². The van der Waals surface area contributed by atoms with E-state index in [1.807, 2.05) is 25.1 Å². The van der Waals surface area contributed by atoms with Crippen molar-refractivity contribution in [2.24, 2.45) is 0 Å². The molecule has 1 heterocycles.